The van der Waals surface area contributed by atoms with E-state index in [9.17, 15) is 14.8 Å². The molecule has 0 aliphatic carbocycles. The van der Waals surface area contributed by atoms with Crippen LogP contribution in [-0.2, 0) is 25.5 Å². The van der Waals surface area contributed by atoms with Gasteiger partial charge in [0.05, 0.1) is 17.9 Å². The lowest BCUT2D eigenvalue weighted by Crippen LogP contribution is -2.46. The van der Waals surface area contributed by atoms with Gasteiger partial charge in [0.1, 0.15) is 6.79 Å². The van der Waals surface area contributed by atoms with Crippen molar-refractivity contribution < 1.29 is 24.3 Å². The molecule has 0 radical (unpaired) electrons. The molecule has 1 heterocycles. The highest BCUT2D eigenvalue weighted by atomic mass is 32.2. The number of amides is 2. The van der Waals surface area contributed by atoms with E-state index in [2.05, 4.69) is 5.32 Å². The summed E-state index contributed by atoms with van der Waals surface area (Å²) in [6, 6.07) is 9.24. The Kier molecular flexibility index (Phi) is 11.5. The van der Waals surface area contributed by atoms with Crippen LogP contribution in [0.3, 0.4) is 0 Å². The molecular weight excluding hydrogens is 412 g/mol. The fourth-order valence-corrected chi connectivity index (χ4v) is 5.62. The molecule has 2 amide bonds. The molecule has 0 spiro atoms. The molecule has 3 N–H and O–H groups in total. The molecule has 1 fully saturated rings. The molecule has 3 atom stereocenters. The molecule has 1 aliphatic rings. The van der Waals surface area contributed by atoms with Gasteiger partial charge >= 0.3 is 0 Å². The summed E-state index contributed by atoms with van der Waals surface area (Å²) in [5, 5.41) is 12.1. The summed E-state index contributed by atoms with van der Waals surface area (Å²) in [7, 11) is 0. The van der Waals surface area contributed by atoms with Gasteiger partial charge in [0.15, 0.2) is 0 Å². The molecule has 1 aliphatic heterocycles. The van der Waals surface area contributed by atoms with Crippen LogP contribution in [0.2, 0.25) is 0 Å². The Hall–Kier alpha value is -1.26. The average molecular weight is 443 g/mol. The van der Waals surface area contributed by atoms with E-state index in [-0.39, 0.29) is 30.6 Å². The summed E-state index contributed by atoms with van der Waals surface area (Å²) in [6.45, 7) is 2.78. The first-order valence-electron chi connectivity index (χ1n) is 9.77. The number of hydroxylamine groups is 1. The van der Waals surface area contributed by atoms with E-state index in [1.165, 1.54) is 0 Å². The number of carbonyl (C=O) groups excluding carboxylic acids is 2. The van der Waals surface area contributed by atoms with Crippen molar-refractivity contribution in [1.82, 2.24) is 10.8 Å². The van der Waals surface area contributed by atoms with E-state index < -0.39 is 11.8 Å². The van der Waals surface area contributed by atoms with E-state index >= 15 is 0 Å². The number of ether oxygens (including phenoxy) is 2. The second kappa shape index (κ2) is 13.9. The Balaban J connectivity index is 2.02. The molecule has 9 heteroatoms. The fraction of sp³-hybridized carbons (Fsp3) is 0.600. The van der Waals surface area contributed by atoms with Crippen molar-refractivity contribution in [3.8, 4) is 0 Å². The van der Waals surface area contributed by atoms with Gasteiger partial charge in [0.25, 0.3) is 0 Å². The van der Waals surface area contributed by atoms with E-state index in [4.69, 9.17) is 9.47 Å². The first-order valence-corrected chi connectivity index (χ1v) is 12.0. The van der Waals surface area contributed by atoms with E-state index in [1.54, 1.807) is 29.0 Å². The number of carbonyl (C=O) groups is 2. The number of thioether (sulfide) groups is 2. The maximum absolute atomic E-state index is 12.7. The zero-order chi connectivity index (χ0) is 20.9. The molecule has 1 aromatic rings. The summed E-state index contributed by atoms with van der Waals surface area (Å²) >= 11 is 3.44. The first-order chi connectivity index (χ1) is 14.1. The van der Waals surface area contributed by atoms with Crippen LogP contribution < -0.4 is 10.8 Å². The van der Waals surface area contributed by atoms with Crippen LogP contribution in [-0.4, -0.2) is 65.6 Å². The van der Waals surface area contributed by atoms with Crippen LogP contribution in [0.4, 0.5) is 0 Å². The maximum atomic E-state index is 12.7. The third kappa shape index (κ3) is 8.96. The molecule has 29 heavy (non-hydrogen) atoms. The highest BCUT2D eigenvalue weighted by molar-refractivity contribution is 8.07. The van der Waals surface area contributed by atoms with E-state index in [1.807, 2.05) is 37.3 Å². The Morgan fingerprint density at radius 2 is 2.03 bits per heavy atom. The average Bonchev–Trinajstić information content (AvgIpc) is 2.76. The van der Waals surface area contributed by atoms with Gasteiger partial charge in [-0.15, -0.1) is 11.8 Å². The molecule has 1 aromatic carbocycles. The normalized spacial score (nSPS) is 18.6. The first kappa shape index (κ1) is 24.0. The van der Waals surface area contributed by atoms with Crippen molar-refractivity contribution in [1.29, 1.82) is 0 Å². The second-order valence-electron chi connectivity index (χ2n) is 6.72. The van der Waals surface area contributed by atoms with Gasteiger partial charge in [0.2, 0.25) is 11.8 Å². The number of rotatable bonds is 12. The lowest BCUT2D eigenvalue weighted by molar-refractivity contribution is -0.134. The molecular formula is C20H30N2O5S2. The van der Waals surface area contributed by atoms with Crippen molar-refractivity contribution in [3.05, 3.63) is 35.9 Å². The fourth-order valence-electron chi connectivity index (χ4n) is 3.05. The van der Waals surface area contributed by atoms with Crippen LogP contribution in [0.25, 0.3) is 0 Å². The quantitative estimate of drug-likeness (QED) is 0.197. The number of hydrogen-bond acceptors (Lipinski definition) is 7. The van der Waals surface area contributed by atoms with Gasteiger partial charge in [-0.25, -0.2) is 5.48 Å². The molecule has 1 saturated heterocycles. The van der Waals surface area contributed by atoms with Gasteiger partial charge in [0, 0.05) is 29.8 Å². The maximum Gasteiger partial charge on any atom is 0.246 e. The lowest BCUT2D eigenvalue weighted by atomic mass is 9.92. The number of nitrogens with one attached hydrogen (secondary N) is 2. The summed E-state index contributed by atoms with van der Waals surface area (Å²) in [6.07, 6.45) is 0.808. The van der Waals surface area contributed by atoms with Crippen molar-refractivity contribution in [3.63, 3.8) is 0 Å². The third-order valence-electron chi connectivity index (χ3n) is 4.52. The summed E-state index contributed by atoms with van der Waals surface area (Å²) in [4.78, 5) is 25.0. The molecule has 0 bridgehead atoms. The van der Waals surface area contributed by atoms with Crippen molar-refractivity contribution >= 4 is 35.3 Å². The van der Waals surface area contributed by atoms with E-state index in [0.29, 0.717) is 19.4 Å². The number of hydrogen-bond donors (Lipinski definition) is 3. The Morgan fingerprint density at radius 3 is 2.69 bits per heavy atom. The highest BCUT2D eigenvalue weighted by Crippen LogP contribution is 2.24. The molecule has 0 aromatic heterocycles. The number of benzene rings is 1. The second-order valence-corrected chi connectivity index (χ2v) is 9.18. The van der Waals surface area contributed by atoms with Gasteiger partial charge in [-0.3, -0.25) is 14.8 Å². The van der Waals surface area contributed by atoms with Gasteiger partial charge < -0.3 is 14.8 Å². The van der Waals surface area contributed by atoms with Gasteiger partial charge in [-0.05, 0) is 25.3 Å². The van der Waals surface area contributed by atoms with Crippen LogP contribution >= 0.6 is 23.5 Å². The van der Waals surface area contributed by atoms with Crippen molar-refractivity contribution in [2.45, 2.75) is 31.1 Å². The van der Waals surface area contributed by atoms with Crippen LogP contribution in [0.15, 0.2) is 30.3 Å². The highest BCUT2D eigenvalue weighted by Gasteiger charge is 2.28. The van der Waals surface area contributed by atoms with Crippen LogP contribution in [0.1, 0.15) is 18.9 Å². The van der Waals surface area contributed by atoms with Crippen molar-refractivity contribution in [2.75, 3.05) is 37.3 Å². The topological polar surface area (TPSA) is 96.9 Å². The lowest BCUT2D eigenvalue weighted by Gasteiger charge is -2.27. The zero-order valence-corrected chi connectivity index (χ0v) is 18.3. The van der Waals surface area contributed by atoms with Crippen LogP contribution in [0, 0.1) is 5.92 Å². The summed E-state index contributed by atoms with van der Waals surface area (Å²) in [5.74, 6) is 1.80. The molecule has 162 valence electrons. The minimum atomic E-state index is -0.503. The largest absolute Gasteiger partial charge is 0.356 e. The predicted molar refractivity (Wildman–Crippen MR) is 116 cm³/mol. The predicted octanol–water partition coefficient (Wildman–Crippen LogP) is 2.08. The standard InChI is InChI=1S/C20H30N2O5S2/c1-2-26-14-27-12-17(21-20(24)18-13-28-8-9-29-18)11-16(19(23)22-25)10-15-6-4-3-5-7-15/h3-7,16-18,25H,2,8-14H2,1H3,(H,21,24)(H,22,23)/t16-,17-,18?/m0/s1. The molecule has 2 rings (SSSR count). The monoisotopic (exact) mass is 442 g/mol. The Labute approximate surface area is 180 Å². The Morgan fingerprint density at radius 1 is 1.24 bits per heavy atom. The van der Waals surface area contributed by atoms with Gasteiger partial charge in [-0.2, -0.15) is 11.8 Å². The van der Waals surface area contributed by atoms with Gasteiger partial charge in [-0.1, -0.05) is 30.3 Å². The Bertz CT molecular complexity index is 614. The SMILES string of the molecule is CCOCOC[C@H](C[C@H](Cc1ccccc1)C(=O)NO)NC(=O)C1CSCCS1. The minimum absolute atomic E-state index is 0.0323. The smallest absolute Gasteiger partial charge is 0.246 e. The third-order valence-corrected chi connectivity index (χ3v) is 7.27. The van der Waals surface area contributed by atoms with E-state index in [0.717, 1.165) is 22.8 Å². The zero-order valence-electron chi connectivity index (χ0n) is 16.7. The molecule has 0 saturated carbocycles. The van der Waals surface area contributed by atoms with Crippen LogP contribution in [0.5, 0.6) is 0 Å². The van der Waals surface area contributed by atoms with Crippen molar-refractivity contribution in [2.24, 2.45) is 5.92 Å². The molecule has 1 unspecified atom stereocenters. The summed E-state index contributed by atoms with van der Waals surface area (Å²) < 4.78 is 10.8. The summed E-state index contributed by atoms with van der Waals surface area (Å²) in [5.41, 5.74) is 2.75. The molecule has 7 nitrogen and oxygen atoms in total. The minimum Gasteiger partial charge on any atom is -0.356 e.